The first kappa shape index (κ1) is 16.8. The molecule has 2 rings (SSSR count). The van der Waals surface area contributed by atoms with E-state index in [1.807, 2.05) is 13.8 Å². The smallest absolute Gasteiger partial charge is 0.243 e. The summed E-state index contributed by atoms with van der Waals surface area (Å²) in [4.78, 5) is 0.288. The summed E-state index contributed by atoms with van der Waals surface area (Å²) in [5.74, 6) is 0.299. The number of rotatable bonds is 5. The predicted molar refractivity (Wildman–Crippen MR) is 89.5 cm³/mol. The highest BCUT2D eigenvalue weighted by Gasteiger charge is 2.33. The maximum atomic E-state index is 13.0. The molecule has 1 fully saturated rings. The number of benzene rings is 1. The lowest BCUT2D eigenvalue weighted by Crippen LogP contribution is -2.41. The van der Waals surface area contributed by atoms with Gasteiger partial charge in [-0.15, -0.1) is 0 Å². The lowest BCUT2D eigenvalue weighted by Gasteiger charge is -2.29. The third-order valence-electron chi connectivity index (χ3n) is 3.85. The molecule has 0 aromatic heterocycles. The number of sulfonamides is 1. The fourth-order valence-electron chi connectivity index (χ4n) is 2.81. The van der Waals surface area contributed by atoms with E-state index in [1.165, 1.54) is 0 Å². The Balaban J connectivity index is 2.38. The standard InChI is InChI=1S/C15H23BrN2O2S/c1-11(2)10-18(12-5-3-4-6-12)21(19,20)13-7-8-14(16)15(17)9-13/h7-9,11-12H,3-6,10,17H2,1-2H3. The fraction of sp³-hybridized carbons (Fsp3) is 0.600. The molecule has 0 saturated heterocycles. The van der Waals surface area contributed by atoms with Crippen molar-refractivity contribution in [1.29, 1.82) is 0 Å². The highest BCUT2D eigenvalue weighted by molar-refractivity contribution is 9.10. The molecule has 6 heteroatoms. The number of hydrogen-bond acceptors (Lipinski definition) is 3. The molecule has 0 unspecified atom stereocenters. The summed E-state index contributed by atoms with van der Waals surface area (Å²) in [6, 6.07) is 4.99. The van der Waals surface area contributed by atoms with Crippen molar-refractivity contribution < 1.29 is 8.42 Å². The topological polar surface area (TPSA) is 63.4 Å². The van der Waals surface area contributed by atoms with Crippen molar-refractivity contribution in [3.8, 4) is 0 Å². The normalized spacial score (nSPS) is 17.0. The zero-order valence-corrected chi connectivity index (χ0v) is 15.0. The van der Waals surface area contributed by atoms with Gasteiger partial charge in [0.05, 0.1) is 4.90 Å². The van der Waals surface area contributed by atoms with Crippen molar-refractivity contribution in [3.63, 3.8) is 0 Å². The molecule has 1 aliphatic carbocycles. The van der Waals surface area contributed by atoms with Crippen LogP contribution in [0.3, 0.4) is 0 Å². The van der Waals surface area contributed by atoms with E-state index in [0.717, 1.165) is 30.2 Å². The van der Waals surface area contributed by atoms with Gasteiger partial charge in [-0.1, -0.05) is 26.7 Å². The minimum Gasteiger partial charge on any atom is -0.398 e. The molecule has 1 aliphatic rings. The Kier molecular flexibility index (Phi) is 5.33. The van der Waals surface area contributed by atoms with Crippen LogP contribution in [0.1, 0.15) is 39.5 Å². The molecule has 0 atom stereocenters. The van der Waals surface area contributed by atoms with Crippen LogP contribution >= 0.6 is 15.9 Å². The molecule has 0 amide bonds. The van der Waals surface area contributed by atoms with Gasteiger partial charge in [-0.05, 0) is 52.9 Å². The maximum Gasteiger partial charge on any atom is 0.243 e. The summed E-state index contributed by atoms with van der Waals surface area (Å²) in [5.41, 5.74) is 6.29. The Hall–Kier alpha value is -0.590. The molecule has 118 valence electrons. The molecule has 21 heavy (non-hydrogen) atoms. The van der Waals surface area contributed by atoms with E-state index in [1.54, 1.807) is 22.5 Å². The number of hydrogen-bond donors (Lipinski definition) is 1. The molecule has 0 radical (unpaired) electrons. The second-order valence-electron chi connectivity index (χ2n) is 6.09. The van der Waals surface area contributed by atoms with E-state index in [9.17, 15) is 8.42 Å². The highest BCUT2D eigenvalue weighted by Crippen LogP contribution is 2.31. The van der Waals surface area contributed by atoms with Crippen LogP contribution in [0.5, 0.6) is 0 Å². The van der Waals surface area contributed by atoms with Crippen molar-refractivity contribution in [1.82, 2.24) is 4.31 Å². The zero-order chi connectivity index (χ0) is 15.6. The van der Waals surface area contributed by atoms with Crippen LogP contribution in [0, 0.1) is 5.92 Å². The number of halogens is 1. The fourth-order valence-corrected chi connectivity index (χ4v) is 4.94. The van der Waals surface area contributed by atoms with E-state index in [2.05, 4.69) is 15.9 Å². The van der Waals surface area contributed by atoms with Crippen LogP contribution < -0.4 is 5.73 Å². The lowest BCUT2D eigenvalue weighted by atomic mass is 10.2. The quantitative estimate of drug-likeness (QED) is 0.800. The second-order valence-corrected chi connectivity index (χ2v) is 8.84. The Morgan fingerprint density at radius 1 is 1.33 bits per heavy atom. The summed E-state index contributed by atoms with van der Waals surface area (Å²) in [5, 5.41) is 0. The van der Waals surface area contributed by atoms with Gasteiger partial charge in [0.1, 0.15) is 0 Å². The molecule has 0 aliphatic heterocycles. The van der Waals surface area contributed by atoms with Crippen molar-refractivity contribution in [3.05, 3.63) is 22.7 Å². The van der Waals surface area contributed by atoms with Gasteiger partial charge in [-0.3, -0.25) is 0 Å². The van der Waals surface area contributed by atoms with Gasteiger partial charge in [-0.25, -0.2) is 8.42 Å². The molecule has 0 heterocycles. The Bertz CT molecular complexity index is 596. The van der Waals surface area contributed by atoms with E-state index in [4.69, 9.17) is 5.73 Å². The van der Waals surface area contributed by atoms with Crippen LogP contribution in [-0.2, 0) is 10.0 Å². The number of nitrogens with zero attached hydrogens (tertiary/aromatic N) is 1. The Morgan fingerprint density at radius 3 is 2.48 bits per heavy atom. The minimum absolute atomic E-state index is 0.127. The van der Waals surface area contributed by atoms with E-state index in [0.29, 0.717) is 18.2 Å². The summed E-state index contributed by atoms with van der Waals surface area (Å²) in [7, 11) is -3.49. The van der Waals surface area contributed by atoms with Gasteiger partial charge in [0.25, 0.3) is 0 Å². The number of nitrogens with two attached hydrogens (primary N) is 1. The van der Waals surface area contributed by atoms with Crippen LogP contribution in [-0.4, -0.2) is 25.3 Å². The predicted octanol–water partition coefficient (Wildman–Crippen LogP) is 3.62. The van der Waals surface area contributed by atoms with Crippen LogP contribution in [0.4, 0.5) is 5.69 Å². The van der Waals surface area contributed by atoms with Crippen LogP contribution in [0.2, 0.25) is 0 Å². The van der Waals surface area contributed by atoms with Crippen molar-refractivity contribution in [2.45, 2.75) is 50.5 Å². The van der Waals surface area contributed by atoms with Crippen molar-refractivity contribution >= 4 is 31.6 Å². The monoisotopic (exact) mass is 374 g/mol. The lowest BCUT2D eigenvalue weighted by molar-refractivity contribution is 0.292. The number of nitrogen functional groups attached to an aromatic ring is 1. The van der Waals surface area contributed by atoms with Crippen LogP contribution in [0.25, 0.3) is 0 Å². The Labute approximate surface area is 135 Å². The first-order chi connectivity index (χ1) is 9.82. The minimum atomic E-state index is -3.49. The summed E-state index contributed by atoms with van der Waals surface area (Å²) in [6.07, 6.45) is 4.13. The van der Waals surface area contributed by atoms with Gasteiger partial charge in [-0.2, -0.15) is 4.31 Å². The summed E-state index contributed by atoms with van der Waals surface area (Å²) in [6.45, 7) is 4.66. The average molecular weight is 375 g/mol. The average Bonchev–Trinajstić information content (AvgIpc) is 2.92. The second kappa shape index (κ2) is 6.67. The molecule has 1 aromatic rings. The first-order valence-corrected chi connectivity index (χ1v) is 9.62. The van der Waals surface area contributed by atoms with Gasteiger partial charge < -0.3 is 5.73 Å². The summed E-state index contributed by atoms with van der Waals surface area (Å²) >= 11 is 3.31. The van der Waals surface area contributed by atoms with E-state index in [-0.39, 0.29) is 10.9 Å². The SMILES string of the molecule is CC(C)CN(C1CCCC1)S(=O)(=O)c1ccc(Br)c(N)c1. The van der Waals surface area contributed by atoms with Gasteiger partial charge >= 0.3 is 0 Å². The molecular weight excluding hydrogens is 352 g/mol. The molecular formula is C15H23BrN2O2S. The Morgan fingerprint density at radius 2 is 1.95 bits per heavy atom. The molecule has 0 bridgehead atoms. The van der Waals surface area contributed by atoms with Crippen molar-refractivity contribution in [2.24, 2.45) is 5.92 Å². The van der Waals surface area contributed by atoms with Gasteiger partial charge in [0, 0.05) is 22.7 Å². The maximum absolute atomic E-state index is 13.0. The molecule has 2 N–H and O–H groups in total. The van der Waals surface area contributed by atoms with E-state index >= 15 is 0 Å². The third kappa shape index (κ3) is 3.79. The van der Waals surface area contributed by atoms with Gasteiger partial charge in [0.2, 0.25) is 10.0 Å². The van der Waals surface area contributed by atoms with Gasteiger partial charge in [0.15, 0.2) is 0 Å². The molecule has 1 aromatic carbocycles. The third-order valence-corrected chi connectivity index (χ3v) is 6.49. The molecule has 0 spiro atoms. The largest absolute Gasteiger partial charge is 0.398 e. The first-order valence-electron chi connectivity index (χ1n) is 7.39. The highest BCUT2D eigenvalue weighted by atomic mass is 79.9. The van der Waals surface area contributed by atoms with Crippen molar-refractivity contribution in [2.75, 3.05) is 12.3 Å². The summed E-state index contributed by atoms with van der Waals surface area (Å²) < 4.78 is 28.4. The zero-order valence-electron chi connectivity index (χ0n) is 12.5. The molecule has 1 saturated carbocycles. The molecule has 4 nitrogen and oxygen atoms in total. The van der Waals surface area contributed by atoms with E-state index < -0.39 is 10.0 Å². The number of anilines is 1. The van der Waals surface area contributed by atoms with Crippen LogP contribution in [0.15, 0.2) is 27.6 Å².